The van der Waals surface area contributed by atoms with Gasteiger partial charge in [0.25, 0.3) is 0 Å². The zero-order chi connectivity index (χ0) is 25.5. The van der Waals surface area contributed by atoms with E-state index in [9.17, 15) is 9.90 Å². The molecule has 0 heterocycles. The number of rotatable bonds is 2. The van der Waals surface area contributed by atoms with E-state index in [0.717, 1.165) is 44.4 Å². The summed E-state index contributed by atoms with van der Waals surface area (Å²) < 4.78 is 0. The summed E-state index contributed by atoms with van der Waals surface area (Å²) in [6.07, 6.45) is 20.6. The van der Waals surface area contributed by atoms with E-state index in [2.05, 4.69) is 39.5 Å². The van der Waals surface area contributed by atoms with Crippen LogP contribution in [0.2, 0.25) is 0 Å². The quantitative estimate of drug-likeness (QED) is 0.386. The molecular weight excluding hydrogens is 432 g/mol. The molecule has 0 spiro atoms. The van der Waals surface area contributed by atoms with Crippen molar-refractivity contribution in [3.8, 4) is 11.8 Å². The van der Waals surface area contributed by atoms with Crippen molar-refractivity contribution in [1.82, 2.24) is 0 Å². The van der Waals surface area contributed by atoms with E-state index in [-0.39, 0.29) is 11.8 Å². The van der Waals surface area contributed by atoms with E-state index in [0.29, 0.717) is 22.7 Å². The summed E-state index contributed by atoms with van der Waals surface area (Å²) in [5.41, 5.74) is 0.784. The summed E-state index contributed by atoms with van der Waals surface area (Å²) in [5.74, 6) is 7.60. The Hall–Kier alpha value is -1.01. The topological polar surface area (TPSA) is 57.5 Å². The molecule has 0 aromatic rings. The van der Waals surface area contributed by atoms with E-state index in [1.165, 1.54) is 70.6 Å². The molecular formula is C32H54O3. The van der Waals surface area contributed by atoms with Gasteiger partial charge in [-0.3, -0.25) is 4.79 Å². The number of carboxylic acids is 1. The summed E-state index contributed by atoms with van der Waals surface area (Å²) in [7, 11) is 0. The van der Waals surface area contributed by atoms with Gasteiger partial charge in [-0.05, 0) is 86.4 Å². The van der Waals surface area contributed by atoms with Crippen molar-refractivity contribution < 1.29 is 15.0 Å². The monoisotopic (exact) mass is 486 g/mol. The molecule has 4 rings (SSSR count). The molecule has 4 saturated carbocycles. The maximum absolute atomic E-state index is 11.1. The second-order valence-corrected chi connectivity index (χ2v) is 13.7. The summed E-state index contributed by atoms with van der Waals surface area (Å²) in [6, 6.07) is 0. The molecule has 0 aromatic heterocycles. The molecule has 4 atom stereocenters. The average Bonchev–Trinajstić information content (AvgIpc) is 2.80. The van der Waals surface area contributed by atoms with Gasteiger partial charge in [0.05, 0.1) is 5.92 Å². The summed E-state index contributed by atoms with van der Waals surface area (Å²) in [6.45, 7) is 9.70. The van der Waals surface area contributed by atoms with Crippen LogP contribution in [-0.4, -0.2) is 22.3 Å². The third-order valence-corrected chi connectivity index (χ3v) is 10.3. The van der Waals surface area contributed by atoms with E-state index in [4.69, 9.17) is 5.11 Å². The normalized spacial score (nSPS) is 35.4. The van der Waals surface area contributed by atoms with Crippen LogP contribution in [0.4, 0.5) is 0 Å². The Bertz CT molecular complexity index is 695. The van der Waals surface area contributed by atoms with Gasteiger partial charge in [0.2, 0.25) is 0 Å². The highest BCUT2D eigenvalue weighted by atomic mass is 16.4. The lowest BCUT2D eigenvalue weighted by atomic mass is 9.49. The number of fused-ring (bicyclic) bond motifs is 1. The van der Waals surface area contributed by atoms with E-state index in [1.54, 1.807) is 0 Å². The van der Waals surface area contributed by atoms with E-state index in [1.807, 2.05) is 0 Å². The van der Waals surface area contributed by atoms with Crippen molar-refractivity contribution >= 4 is 5.97 Å². The van der Waals surface area contributed by atoms with Crippen molar-refractivity contribution in [2.75, 3.05) is 0 Å². The molecule has 0 bridgehead atoms. The van der Waals surface area contributed by atoms with Crippen molar-refractivity contribution in [2.45, 2.75) is 143 Å². The SMILES string of the molecule is C1CCCCCCC1.CC1(C)CCC(C)(C)C2CC(C(O)C#CC3CCC(C(=O)O)CC3)CCC21. The van der Waals surface area contributed by atoms with Crippen LogP contribution in [0.25, 0.3) is 0 Å². The number of hydrogen-bond acceptors (Lipinski definition) is 2. The number of aliphatic carboxylic acids is 1. The molecule has 0 aromatic carbocycles. The first kappa shape index (κ1) is 28.6. The van der Waals surface area contributed by atoms with E-state index < -0.39 is 12.1 Å². The van der Waals surface area contributed by atoms with Crippen molar-refractivity contribution in [3.05, 3.63) is 0 Å². The predicted octanol–water partition coefficient (Wildman–Crippen LogP) is 8.24. The molecule has 4 aliphatic rings. The molecule has 3 nitrogen and oxygen atoms in total. The number of hydrogen-bond donors (Lipinski definition) is 2. The Labute approximate surface area is 216 Å². The molecule has 2 N–H and O–H groups in total. The third kappa shape index (κ3) is 8.24. The Morgan fingerprint density at radius 2 is 1.23 bits per heavy atom. The van der Waals surface area contributed by atoms with Crippen LogP contribution in [0, 0.1) is 52.3 Å². The Morgan fingerprint density at radius 3 is 1.71 bits per heavy atom. The zero-order valence-electron chi connectivity index (χ0n) is 23.3. The van der Waals surface area contributed by atoms with Crippen molar-refractivity contribution in [1.29, 1.82) is 0 Å². The lowest BCUT2D eigenvalue weighted by Crippen LogP contribution is -2.48. The molecule has 0 aliphatic heterocycles. The van der Waals surface area contributed by atoms with Crippen LogP contribution in [0.1, 0.15) is 137 Å². The fourth-order valence-electron chi connectivity index (χ4n) is 7.52. The minimum Gasteiger partial charge on any atom is -0.481 e. The van der Waals surface area contributed by atoms with Crippen LogP contribution in [0.15, 0.2) is 0 Å². The molecule has 35 heavy (non-hydrogen) atoms. The first-order valence-corrected chi connectivity index (χ1v) is 15.0. The summed E-state index contributed by atoms with van der Waals surface area (Å²) in [4.78, 5) is 11.1. The van der Waals surface area contributed by atoms with Gasteiger partial charge in [0.15, 0.2) is 0 Å². The highest BCUT2D eigenvalue weighted by Crippen LogP contribution is 2.58. The second kappa shape index (κ2) is 13.0. The van der Waals surface area contributed by atoms with Gasteiger partial charge in [0.1, 0.15) is 6.10 Å². The predicted molar refractivity (Wildman–Crippen MR) is 145 cm³/mol. The lowest BCUT2D eigenvalue weighted by molar-refractivity contribution is -0.142. The van der Waals surface area contributed by atoms with Crippen LogP contribution < -0.4 is 0 Å². The van der Waals surface area contributed by atoms with Gasteiger partial charge in [-0.15, -0.1) is 0 Å². The van der Waals surface area contributed by atoms with Gasteiger partial charge in [-0.2, -0.15) is 0 Å². The maximum Gasteiger partial charge on any atom is 0.306 e. The Balaban J connectivity index is 0.000000363. The van der Waals surface area contributed by atoms with Gasteiger partial charge >= 0.3 is 5.97 Å². The molecule has 4 unspecified atom stereocenters. The number of aliphatic hydroxyl groups excluding tert-OH is 1. The molecule has 4 fully saturated rings. The second-order valence-electron chi connectivity index (χ2n) is 13.7. The molecule has 0 radical (unpaired) electrons. The molecule has 0 amide bonds. The lowest BCUT2D eigenvalue weighted by Gasteiger charge is -2.56. The smallest absolute Gasteiger partial charge is 0.306 e. The zero-order valence-corrected chi connectivity index (χ0v) is 23.3. The van der Waals surface area contributed by atoms with Gasteiger partial charge in [-0.25, -0.2) is 0 Å². The van der Waals surface area contributed by atoms with Crippen molar-refractivity contribution in [3.63, 3.8) is 0 Å². The highest BCUT2D eigenvalue weighted by Gasteiger charge is 2.50. The van der Waals surface area contributed by atoms with Crippen LogP contribution in [0.3, 0.4) is 0 Å². The van der Waals surface area contributed by atoms with Crippen molar-refractivity contribution in [2.24, 2.45) is 40.4 Å². The van der Waals surface area contributed by atoms with Crippen LogP contribution in [0.5, 0.6) is 0 Å². The fraction of sp³-hybridized carbons (Fsp3) is 0.906. The number of aliphatic hydroxyl groups is 1. The maximum atomic E-state index is 11.1. The van der Waals surface area contributed by atoms with Crippen LogP contribution in [-0.2, 0) is 4.79 Å². The molecule has 4 aliphatic carbocycles. The Morgan fingerprint density at radius 1 is 0.743 bits per heavy atom. The van der Waals surface area contributed by atoms with Gasteiger partial charge < -0.3 is 10.2 Å². The summed E-state index contributed by atoms with van der Waals surface area (Å²) >= 11 is 0. The number of carboxylic acid groups (broad SMARTS) is 1. The van der Waals surface area contributed by atoms with Crippen LogP contribution >= 0.6 is 0 Å². The van der Waals surface area contributed by atoms with Gasteiger partial charge in [0, 0.05) is 5.92 Å². The third-order valence-electron chi connectivity index (χ3n) is 10.3. The standard InChI is InChI=1S/C24H38O3.C8H16/c1-23(2)13-14-24(3,4)20-15-18(10-11-19(20)23)21(25)12-7-16-5-8-17(9-6-16)22(26)27;1-2-4-6-8-7-5-3-1/h16-21,25H,5-6,8-11,13-15H2,1-4H3,(H,26,27);1-8H2. The number of carbonyl (C=O) groups is 1. The van der Waals surface area contributed by atoms with E-state index >= 15 is 0 Å². The molecule has 0 saturated heterocycles. The largest absolute Gasteiger partial charge is 0.481 e. The average molecular weight is 487 g/mol. The Kier molecular flexibility index (Phi) is 10.6. The fourth-order valence-corrected chi connectivity index (χ4v) is 7.52. The highest BCUT2D eigenvalue weighted by molar-refractivity contribution is 5.70. The minimum atomic E-state index is -0.670. The first-order chi connectivity index (χ1) is 16.6. The molecule has 200 valence electrons. The minimum absolute atomic E-state index is 0.194. The van der Waals surface area contributed by atoms with Gasteiger partial charge in [-0.1, -0.05) is 90.9 Å². The summed E-state index contributed by atoms with van der Waals surface area (Å²) in [5, 5.41) is 19.9. The molecule has 3 heteroatoms. The first-order valence-electron chi connectivity index (χ1n) is 15.0.